The Morgan fingerprint density at radius 1 is 1.07 bits per heavy atom. The van der Waals surface area contributed by atoms with E-state index in [1.165, 1.54) is 10.8 Å². The van der Waals surface area contributed by atoms with Crippen LogP contribution in [0.1, 0.15) is 23.3 Å². The number of aromatic nitrogens is 3. The van der Waals surface area contributed by atoms with Crippen LogP contribution in [0, 0.1) is 0 Å². The molecule has 29 heavy (non-hydrogen) atoms. The second-order valence-electron chi connectivity index (χ2n) is 6.98. The van der Waals surface area contributed by atoms with Crippen molar-refractivity contribution in [2.45, 2.75) is 12.8 Å². The summed E-state index contributed by atoms with van der Waals surface area (Å²) in [5.74, 6) is -0.417. The number of rotatable bonds is 3. The van der Waals surface area contributed by atoms with Gasteiger partial charge >= 0.3 is 0 Å². The lowest BCUT2D eigenvalue weighted by Gasteiger charge is -2.14. The molecule has 0 aliphatic carbocycles. The van der Waals surface area contributed by atoms with Crippen molar-refractivity contribution in [3.8, 4) is 11.1 Å². The number of benzene rings is 1. The van der Waals surface area contributed by atoms with Crippen molar-refractivity contribution in [2.24, 2.45) is 0 Å². The molecule has 4 heterocycles. The SMILES string of the molecule is O=C1C=C(n2ncc3cc(-c4ccc(C(=O)N5CCCC5)nc4)ccc32)S(=O)N1. The zero-order valence-electron chi connectivity index (χ0n) is 15.4. The van der Waals surface area contributed by atoms with Gasteiger partial charge in [0.05, 0.1) is 11.7 Å². The molecule has 2 aromatic heterocycles. The molecule has 0 radical (unpaired) electrons. The van der Waals surface area contributed by atoms with Gasteiger partial charge in [-0.3, -0.25) is 19.3 Å². The molecule has 0 bridgehead atoms. The summed E-state index contributed by atoms with van der Waals surface area (Å²) in [6.45, 7) is 1.59. The Morgan fingerprint density at radius 3 is 2.55 bits per heavy atom. The third-order valence-electron chi connectivity index (χ3n) is 5.12. The zero-order chi connectivity index (χ0) is 20.0. The minimum Gasteiger partial charge on any atom is -0.337 e. The Hall–Kier alpha value is -3.33. The lowest BCUT2D eigenvalue weighted by atomic mass is 10.1. The molecule has 1 N–H and O–H groups in total. The molecule has 2 amide bonds. The second-order valence-corrected chi connectivity index (χ2v) is 8.14. The number of likely N-dealkylation sites (tertiary alicyclic amines) is 1. The maximum Gasteiger partial charge on any atom is 0.272 e. The first kappa shape index (κ1) is 17.7. The van der Waals surface area contributed by atoms with E-state index in [1.54, 1.807) is 18.5 Å². The van der Waals surface area contributed by atoms with E-state index in [9.17, 15) is 13.8 Å². The fraction of sp³-hybridized carbons (Fsp3) is 0.200. The van der Waals surface area contributed by atoms with Crippen LogP contribution >= 0.6 is 0 Å². The molecule has 5 rings (SSSR count). The molecule has 8 nitrogen and oxygen atoms in total. The summed E-state index contributed by atoms with van der Waals surface area (Å²) in [5.41, 5.74) is 3.02. The number of nitrogens with zero attached hydrogens (tertiary/aromatic N) is 4. The molecule has 0 spiro atoms. The second kappa shape index (κ2) is 6.93. The van der Waals surface area contributed by atoms with Crippen LogP contribution in [0.5, 0.6) is 0 Å². The normalized spacial score (nSPS) is 18.9. The predicted octanol–water partition coefficient (Wildman–Crippen LogP) is 1.93. The topological polar surface area (TPSA) is 97.2 Å². The lowest BCUT2D eigenvalue weighted by Crippen LogP contribution is -2.28. The van der Waals surface area contributed by atoms with Crippen LogP contribution < -0.4 is 4.72 Å². The summed E-state index contributed by atoms with van der Waals surface area (Å²) in [5, 5.41) is 5.43. The van der Waals surface area contributed by atoms with Crippen LogP contribution in [-0.2, 0) is 15.8 Å². The molecular formula is C20H17N5O3S. The number of fused-ring (bicyclic) bond motifs is 1. The number of hydrogen-bond donors (Lipinski definition) is 1. The monoisotopic (exact) mass is 407 g/mol. The van der Waals surface area contributed by atoms with Gasteiger partial charge in [-0.05, 0) is 36.6 Å². The van der Waals surface area contributed by atoms with Gasteiger partial charge in [-0.2, -0.15) is 5.10 Å². The molecule has 0 saturated carbocycles. The molecule has 1 fully saturated rings. The molecular weight excluding hydrogens is 390 g/mol. The van der Waals surface area contributed by atoms with Gasteiger partial charge < -0.3 is 4.90 Å². The summed E-state index contributed by atoms with van der Waals surface area (Å²) in [4.78, 5) is 30.1. The minimum absolute atomic E-state index is 0.0215. The van der Waals surface area contributed by atoms with Gasteiger partial charge in [-0.15, -0.1) is 0 Å². The fourth-order valence-electron chi connectivity index (χ4n) is 3.64. The standard InChI is InChI=1S/C20H17N5O3S/c26-18-10-19(29(28)23-18)25-17-6-4-13(9-15(17)12-22-25)14-3-5-16(21-11-14)20(27)24-7-1-2-8-24/h3-6,9-12H,1-2,7-8H2,(H,23,26). The van der Waals surface area contributed by atoms with Crippen LogP contribution in [0.2, 0.25) is 0 Å². The third-order valence-corrected chi connectivity index (χ3v) is 6.18. The van der Waals surface area contributed by atoms with Crippen LogP contribution in [0.3, 0.4) is 0 Å². The van der Waals surface area contributed by atoms with Gasteiger partial charge in [0.1, 0.15) is 5.69 Å². The summed E-state index contributed by atoms with van der Waals surface area (Å²) >= 11 is 0. The summed E-state index contributed by atoms with van der Waals surface area (Å²) in [7, 11) is -1.61. The maximum absolute atomic E-state index is 12.4. The van der Waals surface area contributed by atoms with Crippen molar-refractivity contribution in [1.82, 2.24) is 24.4 Å². The van der Waals surface area contributed by atoms with Crippen LogP contribution in [0.4, 0.5) is 0 Å². The van der Waals surface area contributed by atoms with E-state index in [0.717, 1.165) is 48.0 Å². The number of amides is 2. The lowest BCUT2D eigenvalue weighted by molar-refractivity contribution is -0.114. The van der Waals surface area contributed by atoms with Crippen molar-refractivity contribution < 1.29 is 13.8 Å². The van der Waals surface area contributed by atoms with Crippen molar-refractivity contribution in [3.63, 3.8) is 0 Å². The highest BCUT2D eigenvalue weighted by atomic mass is 32.2. The largest absolute Gasteiger partial charge is 0.337 e. The number of carbonyl (C=O) groups is 2. The summed E-state index contributed by atoms with van der Waals surface area (Å²) < 4.78 is 15.8. The molecule has 1 aromatic carbocycles. The first-order valence-corrected chi connectivity index (χ1v) is 10.4. The Bertz CT molecular complexity index is 1190. The van der Waals surface area contributed by atoms with Crippen molar-refractivity contribution in [3.05, 3.63) is 54.5 Å². The Labute approximate surface area is 168 Å². The molecule has 3 aromatic rings. The highest BCUT2D eigenvalue weighted by Gasteiger charge is 2.23. The Morgan fingerprint density at radius 2 is 1.86 bits per heavy atom. The third kappa shape index (κ3) is 3.13. The van der Waals surface area contributed by atoms with E-state index in [0.29, 0.717) is 10.7 Å². The maximum atomic E-state index is 12.4. The van der Waals surface area contributed by atoms with E-state index in [4.69, 9.17) is 0 Å². The van der Waals surface area contributed by atoms with Gasteiger partial charge in [0.2, 0.25) is 0 Å². The number of nitrogens with one attached hydrogen (secondary N) is 1. The van der Waals surface area contributed by atoms with E-state index in [-0.39, 0.29) is 5.91 Å². The molecule has 1 unspecified atom stereocenters. The molecule has 1 saturated heterocycles. The van der Waals surface area contributed by atoms with Gasteiger partial charge in [0, 0.05) is 36.3 Å². The van der Waals surface area contributed by atoms with Gasteiger partial charge in [-0.25, -0.2) is 8.89 Å². The fourth-order valence-corrected chi connectivity index (χ4v) is 4.50. The molecule has 2 aliphatic heterocycles. The molecule has 9 heteroatoms. The van der Waals surface area contributed by atoms with E-state index >= 15 is 0 Å². The molecule has 146 valence electrons. The van der Waals surface area contributed by atoms with Crippen molar-refractivity contribution in [2.75, 3.05) is 13.1 Å². The van der Waals surface area contributed by atoms with Crippen LogP contribution in [-0.4, -0.2) is 48.8 Å². The summed E-state index contributed by atoms with van der Waals surface area (Å²) in [6, 6.07) is 9.37. The van der Waals surface area contributed by atoms with Gasteiger partial charge in [-0.1, -0.05) is 12.1 Å². The van der Waals surface area contributed by atoms with Crippen molar-refractivity contribution >= 4 is 38.7 Å². The van der Waals surface area contributed by atoms with Crippen LogP contribution in [0.25, 0.3) is 27.1 Å². The first-order valence-electron chi connectivity index (χ1n) is 9.28. The van der Waals surface area contributed by atoms with Crippen molar-refractivity contribution in [1.29, 1.82) is 0 Å². The number of pyridine rings is 1. The van der Waals surface area contributed by atoms with Gasteiger partial charge in [0.15, 0.2) is 16.0 Å². The number of carbonyl (C=O) groups excluding carboxylic acids is 2. The number of hydrogen-bond acceptors (Lipinski definition) is 5. The predicted molar refractivity (Wildman–Crippen MR) is 109 cm³/mol. The van der Waals surface area contributed by atoms with Crippen LogP contribution in [0.15, 0.2) is 48.8 Å². The smallest absolute Gasteiger partial charge is 0.272 e. The average Bonchev–Trinajstić information content (AvgIpc) is 3.47. The average molecular weight is 407 g/mol. The van der Waals surface area contributed by atoms with E-state index < -0.39 is 16.9 Å². The highest BCUT2D eigenvalue weighted by molar-refractivity contribution is 7.93. The zero-order valence-corrected chi connectivity index (χ0v) is 16.2. The van der Waals surface area contributed by atoms with E-state index in [1.807, 2.05) is 29.2 Å². The van der Waals surface area contributed by atoms with E-state index in [2.05, 4.69) is 14.8 Å². The Balaban J connectivity index is 1.44. The molecule has 2 aliphatic rings. The summed E-state index contributed by atoms with van der Waals surface area (Å²) in [6.07, 6.45) is 6.75. The quantitative estimate of drug-likeness (QED) is 0.716. The minimum atomic E-state index is -1.61. The molecule has 1 atom stereocenters. The highest BCUT2D eigenvalue weighted by Crippen LogP contribution is 2.27. The Kier molecular flexibility index (Phi) is 4.24. The first-order chi connectivity index (χ1) is 14.1. The van der Waals surface area contributed by atoms with Gasteiger partial charge in [0.25, 0.3) is 11.8 Å².